The van der Waals surface area contributed by atoms with Crippen molar-refractivity contribution in [3.05, 3.63) is 40.9 Å². The van der Waals surface area contributed by atoms with Gasteiger partial charge in [-0.05, 0) is 36.1 Å². The van der Waals surface area contributed by atoms with Crippen LogP contribution in [0.5, 0.6) is 0 Å². The van der Waals surface area contributed by atoms with E-state index in [-0.39, 0.29) is 0 Å². The lowest BCUT2D eigenvalue weighted by Gasteiger charge is -2.02. The van der Waals surface area contributed by atoms with Crippen LogP contribution in [0.2, 0.25) is 5.02 Å². The molecule has 0 saturated carbocycles. The molecule has 1 nitrogen and oxygen atoms in total. The first kappa shape index (κ1) is 8.54. The summed E-state index contributed by atoms with van der Waals surface area (Å²) in [4.78, 5) is 0. The summed E-state index contributed by atoms with van der Waals surface area (Å²) in [6, 6.07) is 10.1. The van der Waals surface area contributed by atoms with Crippen molar-refractivity contribution >= 4 is 28.1 Å². The molecule has 0 heterocycles. The normalized spacial score (nSPS) is 10.7. The summed E-state index contributed by atoms with van der Waals surface area (Å²) < 4.78 is 0. The van der Waals surface area contributed by atoms with Crippen LogP contribution in [-0.2, 0) is 0 Å². The highest BCUT2D eigenvalue weighted by atomic mass is 35.5. The summed E-state index contributed by atoms with van der Waals surface area (Å²) in [5.74, 6) is 0. The molecule has 0 spiro atoms. The van der Waals surface area contributed by atoms with Crippen molar-refractivity contribution in [2.45, 2.75) is 6.92 Å². The van der Waals surface area contributed by atoms with E-state index in [0.717, 1.165) is 21.7 Å². The molecule has 2 rings (SSSR count). The Morgan fingerprint density at radius 1 is 1.23 bits per heavy atom. The lowest BCUT2D eigenvalue weighted by atomic mass is 10.1. The topological polar surface area (TPSA) is 27.6 Å². The highest BCUT2D eigenvalue weighted by molar-refractivity contribution is 6.32. The van der Waals surface area contributed by atoms with Crippen LogP contribution < -0.4 is 5.73 Å². The Bertz CT molecular complexity index is 463. The lowest BCUT2D eigenvalue weighted by Crippen LogP contribution is -2.40. The van der Waals surface area contributed by atoms with E-state index in [4.69, 9.17) is 11.6 Å². The quantitative estimate of drug-likeness (QED) is 0.665. The molecule has 3 N–H and O–H groups in total. The van der Waals surface area contributed by atoms with Crippen molar-refractivity contribution in [1.29, 1.82) is 0 Å². The molecule has 0 aliphatic carbocycles. The van der Waals surface area contributed by atoms with Gasteiger partial charge in [0.2, 0.25) is 0 Å². The molecule has 0 aliphatic rings. The number of fused-ring (bicyclic) bond motifs is 1. The molecule has 0 amide bonds. The van der Waals surface area contributed by atoms with Gasteiger partial charge in [0.05, 0.1) is 0 Å². The number of benzene rings is 2. The van der Waals surface area contributed by atoms with Crippen LogP contribution in [0.15, 0.2) is 30.3 Å². The molecule has 0 bridgehead atoms. The minimum atomic E-state index is 0.818. The van der Waals surface area contributed by atoms with E-state index in [0.29, 0.717) is 0 Å². The molecule has 0 fully saturated rings. The van der Waals surface area contributed by atoms with Crippen LogP contribution in [0.25, 0.3) is 10.8 Å². The molecular weight excluding hydrogens is 182 g/mol. The average Bonchev–Trinajstić information content (AvgIpc) is 2.09. The number of hydrogen-bond acceptors (Lipinski definition) is 0. The Kier molecular flexibility index (Phi) is 1.98. The second-order valence-electron chi connectivity index (χ2n) is 3.24. The largest absolute Gasteiger partial charge is 0.325 e. The van der Waals surface area contributed by atoms with Gasteiger partial charge >= 0.3 is 0 Å². The standard InChI is InChI=1S/C11H10ClN/c1-7-5-9-8(6-10(7)12)3-2-4-11(9)13/h2-6H,13H2,1H3/p+1. The van der Waals surface area contributed by atoms with E-state index in [1.807, 2.05) is 25.1 Å². The van der Waals surface area contributed by atoms with Gasteiger partial charge in [0.25, 0.3) is 0 Å². The maximum absolute atomic E-state index is 6.02. The molecule has 13 heavy (non-hydrogen) atoms. The van der Waals surface area contributed by atoms with Crippen LogP contribution in [0.4, 0.5) is 5.69 Å². The van der Waals surface area contributed by atoms with Crippen LogP contribution >= 0.6 is 11.6 Å². The Morgan fingerprint density at radius 2 is 2.00 bits per heavy atom. The van der Waals surface area contributed by atoms with E-state index in [9.17, 15) is 0 Å². The van der Waals surface area contributed by atoms with Crippen molar-refractivity contribution in [2.24, 2.45) is 0 Å². The summed E-state index contributed by atoms with van der Waals surface area (Å²) >= 11 is 6.02. The van der Waals surface area contributed by atoms with E-state index in [1.165, 1.54) is 5.39 Å². The van der Waals surface area contributed by atoms with Gasteiger partial charge in [-0.2, -0.15) is 0 Å². The fourth-order valence-corrected chi connectivity index (χ4v) is 1.64. The monoisotopic (exact) mass is 192 g/mol. The molecule has 0 saturated heterocycles. The Morgan fingerprint density at radius 3 is 2.77 bits per heavy atom. The Labute approximate surface area is 82.1 Å². The second-order valence-corrected chi connectivity index (χ2v) is 3.65. The minimum Gasteiger partial charge on any atom is -0.325 e. The highest BCUT2D eigenvalue weighted by Crippen LogP contribution is 2.26. The van der Waals surface area contributed by atoms with E-state index < -0.39 is 0 Å². The third kappa shape index (κ3) is 1.41. The van der Waals surface area contributed by atoms with Gasteiger partial charge in [-0.15, -0.1) is 0 Å². The molecule has 66 valence electrons. The SMILES string of the molecule is Cc1cc2c([NH3+])cccc2cc1Cl. The third-order valence-electron chi connectivity index (χ3n) is 2.25. The van der Waals surface area contributed by atoms with Gasteiger partial charge in [-0.25, -0.2) is 0 Å². The first-order valence-electron chi connectivity index (χ1n) is 4.19. The number of hydrogen-bond donors (Lipinski definition) is 1. The summed E-state index contributed by atoms with van der Waals surface area (Å²) in [5.41, 5.74) is 6.13. The molecule has 2 heteroatoms. The summed E-state index contributed by atoms with van der Waals surface area (Å²) in [7, 11) is 0. The fourth-order valence-electron chi connectivity index (χ4n) is 1.47. The van der Waals surface area contributed by atoms with Crippen molar-refractivity contribution in [3.8, 4) is 0 Å². The zero-order chi connectivity index (χ0) is 9.42. The summed E-state index contributed by atoms with van der Waals surface area (Å²) in [5, 5.41) is 3.16. The van der Waals surface area contributed by atoms with Crippen LogP contribution in [0.3, 0.4) is 0 Å². The number of quaternary nitrogens is 1. The molecule has 0 aromatic heterocycles. The first-order valence-corrected chi connectivity index (χ1v) is 4.57. The van der Waals surface area contributed by atoms with Gasteiger partial charge in [0.15, 0.2) is 0 Å². The molecular formula is C11H11ClN+. The van der Waals surface area contributed by atoms with Crippen LogP contribution in [-0.4, -0.2) is 0 Å². The molecule has 0 aliphatic heterocycles. The second kappa shape index (κ2) is 3.02. The predicted molar refractivity (Wildman–Crippen MR) is 56.2 cm³/mol. The Balaban J connectivity index is 2.89. The molecule has 2 aromatic carbocycles. The van der Waals surface area contributed by atoms with Crippen molar-refractivity contribution in [1.82, 2.24) is 0 Å². The maximum atomic E-state index is 6.02. The number of aryl methyl sites for hydroxylation is 1. The molecule has 0 unspecified atom stereocenters. The predicted octanol–water partition coefficient (Wildman–Crippen LogP) is 2.68. The fraction of sp³-hybridized carbons (Fsp3) is 0.0909. The first-order chi connectivity index (χ1) is 6.18. The van der Waals surface area contributed by atoms with E-state index in [2.05, 4.69) is 17.9 Å². The van der Waals surface area contributed by atoms with E-state index >= 15 is 0 Å². The smallest absolute Gasteiger partial charge is 0.135 e. The van der Waals surface area contributed by atoms with Crippen LogP contribution in [0.1, 0.15) is 5.56 Å². The highest BCUT2D eigenvalue weighted by Gasteiger charge is 2.02. The van der Waals surface area contributed by atoms with Gasteiger partial charge in [-0.1, -0.05) is 23.7 Å². The molecule has 2 aromatic rings. The Hall–Kier alpha value is -1.05. The van der Waals surface area contributed by atoms with Gasteiger partial charge in [0, 0.05) is 10.4 Å². The van der Waals surface area contributed by atoms with Gasteiger partial charge in [-0.3, -0.25) is 0 Å². The maximum Gasteiger partial charge on any atom is 0.135 e. The zero-order valence-electron chi connectivity index (χ0n) is 7.47. The number of rotatable bonds is 0. The lowest BCUT2D eigenvalue weighted by molar-refractivity contribution is -0.252. The third-order valence-corrected chi connectivity index (χ3v) is 2.66. The molecule has 0 radical (unpaired) electrons. The minimum absolute atomic E-state index is 0.818. The zero-order valence-corrected chi connectivity index (χ0v) is 8.23. The van der Waals surface area contributed by atoms with Gasteiger partial charge in [0.1, 0.15) is 5.69 Å². The summed E-state index contributed by atoms with van der Waals surface area (Å²) in [6.45, 7) is 2.01. The van der Waals surface area contributed by atoms with E-state index in [1.54, 1.807) is 0 Å². The van der Waals surface area contributed by atoms with Gasteiger partial charge < -0.3 is 5.73 Å². The van der Waals surface area contributed by atoms with Crippen LogP contribution in [0, 0.1) is 6.92 Å². The van der Waals surface area contributed by atoms with Crippen molar-refractivity contribution in [3.63, 3.8) is 0 Å². The number of halogens is 1. The molecule has 0 atom stereocenters. The summed E-state index contributed by atoms with van der Waals surface area (Å²) in [6.07, 6.45) is 0. The van der Waals surface area contributed by atoms with Crippen molar-refractivity contribution in [2.75, 3.05) is 0 Å². The average molecular weight is 193 g/mol. The van der Waals surface area contributed by atoms with Crippen molar-refractivity contribution < 1.29 is 5.73 Å².